The van der Waals surface area contributed by atoms with E-state index >= 15 is 0 Å². The molecular formula is C20H28ClN3O5S. The SMILES string of the molecule is CC1CN(C(=O)CCC(=O)N2CCN(S(=O)(=O)c3ccc(Cl)cc3)CC2)CC(C)O1. The van der Waals surface area contributed by atoms with E-state index in [2.05, 4.69) is 0 Å². The van der Waals surface area contributed by atoms with Crippen LogP contribution in [-0.4, -0.2) is 85.8 Å². The van der Waals surface area contributed by atoms with Gasteiger partial charge in [-0.3, -0.25) is 9.59 Å². The van der Waals surface area contributed by atoms with E-state index in [4.69, 9.17) is 16.3 Å². The highest BCUT2D eigenvalue weighted by atomic mass is 35.5. The van der Waals surface area contributed by atoms with Crippen LogP contribution in [-0.2, 0) is 24.3 Å². The zero-order chi connectivity index (χ0) is 21.9. The van der Waals surface area contributed by atoms with Crippen LogP contribution in [0.2, 0.25) is 5.02 Å². The van der Waals surface area contributed by atoms with Crippen LogP contribution in [0.15, 0.2) is 29.2 Å². The van der Waals surface area contributed by atoms with E-state index in [0.717, 1.165) is 0 Å². The first kappa shape index (κ1) is 23.0. The van der Waals surface area contributed by atoms with Crippen LogP contribution in [0.5, 0.6) is 0 Å². The molecule has 10 heteroatoms. The molecule has 2 aliphatic rings. The van der Waals surface area contributed by atoms with Crippen molar-refractivity contribution in [3.8, 4) is 0 Å². The fraction of sp³-hybridized carbons (Fsp3) is 0.600. The fourth-order valence-electron chi connectivity index (χ4n) is 3.85. The van der Waals surface area contributed by atoms with Gasteiger partial charge in [-0.25, -0.2) is 8.42 Å². The molecule has 0 aliphatic carbocycles. The number of amides is 2. The zero-order valence-corrected chi connectivity index (χ0v) is 18.9. The summed E-state index contributed by atoms with van der Waals surface area (Å²) in [5, 5.41) is 0.472. The van der Waals surface area contributed by atoms with Gasteiger partial charge >= 0.3 is 0 Å². The van der Waals surface area contributed by atoms with Crippen molar-refractivity contribution in [3.63, 3.8) is 0 Å². The molecule has 2 unspecified atom stereocenters. The van der Waals surface area contributed by atoms with Gasteiger partial charge in [0.15, 0.2) is 0 Å². The lowest BCUT2D eigenvalue weighted by atomic mass is 10.2. The Kier molecular flexibility index (Phi) is 7.38. The maximum absolute atomic E-state index is 12.7. The molecule has 0 radical (unpaired) electrons. The van der Waals surface area contributed by atoms with E-state index in [-0.39, 0.29) is 54.8 Å². The van der Waals surface area contributed by atoms with Gasteiger partial charge in [0.05, 0.1) is 17.1 Å². The smallest absolute Gasteiger partial charge is 0.243 e. The fourth-order valence-corrected chi connectivity index (χ4v) is 5.39. The van der Waals surface area contributed by atoms with Crippen molar-refractivity contribution in [2.45, 2.75) is 43.8 Å². The first-order chi connectivity index (χ1) is 14.2. The molecule has 2 aliphatic heterocycles. The normalized spacial score (nSPS) is 23.4. The minimum Gasteiger partial charge on any atom is -0.372 e. The van der Waals surface area contributed by atoms with E-state index in [9.17, 15) is 18.0 Å². The number of carbonyl (C=O) groups is 2. The Hall–Kier alpha value is -1.68. The molecule has 1 aromatic carbocycles. The number of ether oxygens (including phenoxy) is 1. The Morgan fingerprint density at radius 1 is 0.933 bits per heavy atom. The molecule has 0 saturated carbocycles. The second kappa shape index (κ2) is 9.64. The summed E-state index contributed by atoms with van der Waals surface area (Å²) in [5.74, 6) is -0.171. The van der Waals surface area contributed by atoms with Crippen molar-refractivity contribution < 1.29 is 22.7 Å². The van der Waals surface area contributed by atoms with Crippen LogP contribution < -0.4 is 0 Å². The van der Waals surface area contributed by atoms with Crippen LogP contribution in [0.3, 0.4) is 0 Å². The van der Waals surface area contributed by atoms with Crippen molar-refractivity contribution >= 4 is 33.4 Å². The van der Waals surface area contributed by atoms with Gasteiger partial charge in [-0.15, -0.1) is 0 Å². The molecule has 8 nitrogen and oxygen atoms in total. The van der Waals surface area contributed by atoms with Gasteiger partial charge < -0.3 is 14.5 Å². The summed E-state index contributed by atoms with van der Waals surface area (Å²) in [7, 11) is -3.61. The Bertz CT molecular complexity index is 859. The summed E-state index contributed by atoms with van der Waals surface area (Å²) in [6.07, 6.45) is 0.262. The lowest BCUT2D eigenvalue weighted by Crippen LogP contribution is -2.51. The Labute approximate surface area is 182 Å². The molecule has 2 atom stereocenters. The summed E-state index contributed by atoms with van der Waals surface area (Å²) in [5.41, 5.74) is 0. The quantitative estimate of drug-likeness (QED) is 0.670. The molecule has 2 amide bonds. The third-order valence-corrected chi connectivity index (χ3v) is 7.53. The van der Waals surface area contributed by atoms with Crippen LogP contribution in [0, 0.1) is 0 Å². The first-order valence-corrected chi connectivity index (χ1v) is 12.0. The van der Waals surface area contributed by atoms with Crippen LogP contribution in [0.4, 0.5) is 0 Å². The standard InChI is InChI=1S/C20H28ClN3O5S/c1-15-13-23(14-16(2)29-15)20(26)8-7-19(25)22-9-11-24(12-10-22)30(27,28)18-5-3-17(21)4-6-18/h3-6,15-16H,7-14H2,1-2H3. The van der Waals surface area contributed by atoms with Gasteiger partial charge in [0.1, 0.15) is 0 Å². The minimum atomic E-state index is -3.61. The number of hydrogen-bond donors (Lipinski definition) is 0. The number of hydrogen-bond acceptors (Lipinski definition) is 5. The second-order valence-corrected chi connectivity index (χ2v) is 10.2. The Morgan fingerprint density at radius 2 is 1.43 bits per heavy atom. The molecule has 166 valence electrons. The number of rotatable bonds is 5. The minimum absolute atomic E-state index is 0.0101. The van der Waals surface area contributed by atoms with Crippen molar-refractivity contribution in [2.24, 2.45) is 0 Å². The summed E-state index contributed by atoms with van der Waals surface area (Å²) >= 11 is 5.83. The number of nitrogens with zero attached hydrogens (tertiary/aromatic N) is 3. The van der Waals surface area contributed by atoms with Crippen molar-refractivity contribution in [1.29, 1.82) is 0 Å². The van der Waals surface area contributed by atoms with Crippen molar-refractivity contribution in [3.05, 3.63) is 29.3 Å². The third kappa shape index (κ3) is 5.51. The lowest BCUT2D eigenvalue weighted by Gasteiger charge is -2.36. The van der Waals surface area contributed by atoms with Gasteiger partial charge in [0.2, 0.25) is 21.8 Å². The summed E-state index contributed by atoms with van der Waals surface area (Å²) in [4.78, 5) is 28.5. The topological polar surface area (TPSA) is 87.2 Å². The van der Waals surface area contributed by atoms with E-state index in [1.165, 1.54) is 16.4 Å². The maximum atomic E-state index is 12.7. The first-order valence-electron chi connectivity index (χ1n) is 10.1. The van der Waals surface area contributed by atoms with Crippen molar-refractivity contribution in [2.75, 3.05) is 39.3 Å². The zero-order valence-electron chi connectivity index (χ0n) is 17.3. The summed E-state index contributed by atoms with van der Waals surface area (Å²) in [6, 6.07) is 6.05. The van der Waals surface area contributed by atoms with E-state index < -0.39 is 10.0 Å². The Morgan fingerprint density at radius 3 is 1.97 bits per heavy atom. The molecule has 0 N–H and O–H groups in total. The highest BCUT2D eigenvalue weighted by Gasteiger charge is 2.31. The molecule has 30 heavy (non-hydrogen) atoms. The van der Waals surface area contributed by atoms with E-state index in [1.54, 1.807) is 21.9 Å². The summed E-state index contributed by atoms with van der Waals surface area (Å²) in [6.45, 7) is 6.01. The van der Waals surface area contributed by atoms with Gasteiger partial charge in [-0.2, -0.15) is 4.31 Å². The molecule has 1 aromatic rings. The maximum Gasteiger partial charge on any atom is 0.243 e. The number of sulfonamides is 1. The highest BCUT2D eigenvalue weighted by Crippen LogP contribution is 2.20. The van der Waals surface area contributed by atoms with Crippen molar-refractivity contribution in [1.82, 2.24) is 14.1 Å². The highest BCUT2D eigenvalue weighted by molar-refractivity contribution is 7.89. The number of halogens is 1. The van der Waals surface area contributed by atoms with E-state index in [1.807, 2.05) is 13.8 Å². The Balaban J connectivity index is 1.48. The molecule has 0 aromatic heterocycles. The van der Waals surface area contributed by atoms with Gasteiger partial charge in [-0.1, -0.05) is 11.6 Å². The van der Waals surface area contributed by atoms with E-state index in [0.29, 0.717) is 31.2 Å². The predicted octanol–water partition coefficient (Wildman–Crippen LogP) is 1.59. The molecule has 2 fully saturated rings. The number of morpholine rings is 1. The van der Waals surface area contributed by atoms with Crippen LogP contribution >= 0.6 is 11.6 Å². The van der Waals surface area contributed by atoms with Gasteiger partial charge in [0.25, 0.3) is 0 Å². The molecule has 2 saturated heterocycles. The number of carbonyl (C=O) groups excluding carboxylic acids is 2. The molecule has 0 spiro atoms. The molecule has 2 heterocycles. The van der Waals surface area contributed by atoms with Gasteiger partial charge in [0, 0.05) is 57.1 Å². The largest absolute Gasteiger partial charge is 0.372 e. The van der Waals surface area contributed by atoms with Gasteiger partial charge in [-0.05, 0) is 38.1 Å². The second-order valence-electron chi connectivity index (χ2n) is 7.79. The number of benzene rings is 1. The molecule has 0 bridgehead atoms. The summed E-state index contributed by atoms with van der Waals surface area (Å²) < 4.78 is 32.5. The van der Waals surface area contributed by atoms with Crippen LogP contribution in [0.1, 0.15) is 26.7 Å². The average molecular weight is 458 g/mol. The third-order valence-electron chi connectivity index (χ3n) is 5.37. The monoisotopic (exact) mass is 457 g/mol. The number of piperazine rings is 1. The lowest BCUT2D eigenvalue weighted by molar-refractivity contribution is -0.145. The predicted molar refractivity (Wildman–Crippen MR) is 113 cm³/mol. The van der Waals surface area contributed by atoms with Crippen LogP contribution in [0.25, 0.3) is 0 Å². The molecular weight excluding hydrogens is 430 g/mol. The average Bonchev–Trinajstić information content (AvgIpc) is 2.71. The molecule has 3 rings (SSSR count).